The molecule has 2 N–H and O–H groups in total. The first-order valence-electron chi connectivity index (χ1n) is 10.9. The highest BCUT2D eigenvalue weighted by molar-refractivity contribution is 7.88. The maximum absolute atomic E-state index is 13.2. The molecule has 2 rings (SSSR count). The van der Waals surface area contributed by atoms with Crippen molar-refractivity contribution in [3.05, 3.63) is 23.8 Å². The summed E-state index contributed by atoms with van der Waals surface area (Å²) in [7, 11) is -0.299. The molecule has 1 aromatic carbocycles. The van der Waals surface area contributed by atoms with Crippen molar-refractivity contribution in [2.75, 3.05) is 45.4 Å². The number of hydrogen-bond acceptors (Lipinski definition) is 6. The van der Waals surface area contributed by atoms with Gasteiger partial charge in [0, 0.05) is 45.0 Å². The van der Waals surface area contributed by atoms with Gasteiger partial charge in [-0.05, 0) is 38.8 Å². The Morgan fingerprint density at radius 2 is 1.91 bits per heavy atom. The highest BCUT2D eigenvalue weighted by atomic mass is 32.2. The van der Waals surface area contributed by atoms with E-state index in [1.165, 1.54) is 15.5 Å². The first-order chi connectivity index (χ1) is 15.3. The Hall–Kier alpha value is -2.37. The fourth-order valence-corrected chi connectivity index (χ4v) is 4.93. The van der Waals surface area contributed by atoms with E-state index in [9.17, 15) is 18.0 Å². The van der Waals surface area contributed by atoms with Crippen LogP contribution in [0.3, 0.4) is 0 Å². The minimum Gasteiger partial charge on any atom is -0.491 e. The molecule has 1 aliphatic rings. The van der Waals surface area contributed by atoms with Crippen molar-refractivity contribution in [2.45, 2.75) is 45.9 Å². The summed E-state index contributed by atoms with van der Waals surface area (Å²) in [6, 6.07) is 3.88. The van der Waals surface area contributed by atoms with Crippen molar-refractivity contribution in [1.29, 1.82) is 0 Å². The minimum atomic E-state index is -3.51. The summed E-state index contributed by atoms with van der Waals surface area (Å²) < 4.78 is 37.9. The van der Waals surface area contributed by atoms with Crippen LogP contribution in [-0.4, -0.2) is 87.9 Å². The van der Waals surface area contributed by atoms with E-state index in [1.54, 1.807) is 39.3 Å². The average molecular weight is 485 g/mol. The number of carbonyl (C=O) groups excluding carboxylic acids is 2. The molecule has 1 aliphatic heterocycles. The number of fused-ring (bicyclic) bond motifs is 1. The van der Waals surface area contributed by atoms with E-state index in [0.29, 0.717) is 11.3 Å². The summed E-state index contributed by atoms with van der Waals surface area (Å²) >= 11 is 0. The Kier molecular flexibility index (Phi) is 9.10. The molecule has 0 fully saturated rings. The molecule has 33 heavy (non-hydrogen) atoms. The van der Waals surface area contributed by atoms with Gasteiger partial charge < -0.3 is 25.0 Å². The minimum absolute atomic E-state index is 0.0308. The van der Waals surface area contributed by atoms with Crippen LogP contribution in [0.15, 0.2) is 18.2 Å². The number of amides is 3. The quantitative estimate of drug-likeness (QED) is 0.675. The molecule has 3 amide bonds. The summed E-state index contributed by atoms with van der Waals surface area (Å²) in [5, 5.41) is 5.46. The lowest BCUT2D eigenvalue weighted by Crippen LogP contribution is -2.48. The van der Waals surface area contributed by atoms with Crippen molar-refractivity contribution < 1.29 is 27.5 Å². The van der Waals surface area contributed by atoms with Gasteiger partial charge in [-0.3, -0.25) is 4.79 Å². The topological polar surface area (TPSA) is 117 Å². The third kappa shape index (κ3) is 7.31. The molecule has 3 atom stereocenters. The Labute approximate surface area is 196 Å². The molecular weight excluding hydrogens is 448 g/mol. The van der Waals surface area contributed by atoms with Gasteiger partial charge in [-0.25, -0.2) is 13.2 Å². The van der Waals surface area contributed by atoms with Gasteiger partial charge in [0.05, 0.1) is 24.0 Å². The number of urea groups is 1. The fourth-order valence-electron chi connectivity index (χ4n) is 3.71. The van der Waals surface area contributed by atoms with Crippen LogP contribution >= 0.6 is 0 Å². The van der Waals surface area contributed by atoms with Gasteiger partial charge in [0.15, 0.2) is 0 Å². The number of benzene rings is 1. The van der Waals surface area contributed by atoms with Crippen molar-refractivity contribution in [2.24, 2.45) is 5.92 Å². The van der Waals surface area contributed by atoms with Crippen LogP contribution < -0.4 is 15.4 Å². The van der Waals surface area contributed by atoms with Crippen LogP contribution in [0.2, 0.25) is 0 Å². The number of rotatable bonds is 4. The Balaban J connectivity index is 2.45. The Morgan fingerprint density at radius 3 is 2.48 bits per heavy atom. The molecule has 1 aromatic rings. The van der Waals surface area contributed by atoms with E-state index >= 15 is 0 Å². The van der Waals surface area contributed by atoms with Crippen molar-refractivity contribution in [3.8, 4) is 5.75 Å². The van der Waals surface area contributed by atoms with Crippen molar-refractivity contribution >= 4 is 27.6 Å². The third-order valence-electron chi connectivity index (χ3n) is 5.49. The Bertz CT molecular complexity index is 952. The SMILES string of the molecule is CO[C@H]1CN(C)C(=O)c2ccc(NC(=O)NC(C)C)cc2OC[C@@H](C)N(S(C)(=O)=O)C[C@@H]1C. The number of nitrogens with one attached hydrogen (secondary N) is 2. The van der Waals surface area contributed by atoms with Gasteiger partial charge in [-0.15, -0.1) is 0 Å². The predicted octanol–water partition coefficient (Wildman–Crippen LogP) is 1.98. The van der Waals surface area contributed by atoms with Crippen LogP contribution in [0, 0.1) is 5.92 Å². The number of nitrogens with zero attached hydrogens (tertiary/aromatic N) is 2. The number of carbonyl (C=O) groups is 2. The highest BCUT2D eigenvalue weighted by Crippen LogP contribution is 2.27. The van der Waals surface area contributed by atoms with E-state index in [0.717, 1.165) is 0 Å². The fraction of sp³-hybridized carbons (Fsp3) is 0.636. The van der Waals surface area contributed by atoms with Crippen molar-refractivity contribution in [3.63, 3.8) is 0 Å². The standard InChI is InChI=1S/C22H36N4O6S/c1-14(2)23-22(28)24-17-8-9-18-19(10-17)32-13-16(4)26(33(7,29)30)11-15(3)20(31-6)12-25(5)21(18)27/h8-10,14-16,20H,11-13H2,1-7H3,(H2,23,24,28)/t15-,16+,20-/m0/s1. The number of sulfonamides is 1. The van der Waals surface area contributed by atoms with Gasteiger partial charge in [-0.1, -0.05) is 6.92 Å². The van der Waals surface area contributed by atoms with Gasteiger partial charge >= 0.3 is 6.03 Å². The molecule has 11 heteroatoms. The lowest BCUT2D eigenvalue weighted by atomic mass is 10.0. The number of likely N-dealkylation sites (N-methyl/N-ethyl adjacent to an activating group) is 1. The maximum atomic E-state index is 13.2. The second-order valence-corrected chi connectivity index (χ2v) is 10.8. The average Bonchev–Trinajstić information content (AvgIpc) is 2.71. The zero-order chi connectivity index (χ0) is 24.9. The smallest absolute Gasteiger partial charge is 0.319 e. The van der Waals surface area contributed by atoms with Crippen LogP contribution in [0.1, 0.15) is 38.1 Å². The molecule has 0 aliphatic carbocycles. The van der Waals surface area contributed by atoms with E-state index in [4.69, 9.17) is 9.47 Å². The first-order valence-corrected chi connectivity index (χ1v) is 12.8. The number of ether oxygens (including phenoxy) is 2. The van der Waals surface area contributed by atoms with Gasteiger partial charge in [0.2, 0.25) is 10.0 Å². The molecule has 0 bridgehead atoms. The maximum Gasteiger partial charge on any atom is 0.319 e. The molecule has 0 radical (unpaired) electrons. The molecule has 0 saturated carbocycles. The number of methoxy groups -OCH3 is 1. The summed E-state index contributed by atoms with van der Waals surface area (Å²) in [6.07, 6.45) is 0.808. The molecule has 0 spiro atoms. The molecule has 0 unspecified atom stereocenters. The zero-order valence-electron chi connectivity index (χ0n) is 20.4. The summed E-state index contributed by atoms with van der Waals surface area (Å²) in [4.78, 5) is 26.8. The molecule has 10 nitrogen and oxygen atoms in total. The van der Waals surface area contributed by atoms with Gasteiger partial charge in [0.1, 0.15) is 12.4 Å². The number of hydrogen-bond donors (Lipinski definition) is 2. The summed E-state index contributed by atoms with van der Waals surface area (Å²) in [5.41, 5.74) is 0.763. The monoisotopic (exact) mass is 484 g/mol. The van der Waals surface area contributed by atoms with Crippen LogP contribution in [0.25, 0.3) is 0 Å². The zero-order valence-corrected chi connectivity index (χ0v) is 21.2. The second-order valence-electron chi connectivity index (χ2n) is 8.89. The third-order valence-corrected chi connectivity index (χ3v) is 6.85. The molecule has 0 aromatic heterocycles. The second kappa shape index (κ2) is 11.2. The molecule has 1 heterocycles. The summed E-state index contributed by atoms with van der Waals surface area (Å²) in [5.74, 6) is -0.157. The van der Waals surface area contributed by atoms with E-state index < -0.39 is 16.1 Å². The van der Waals surface area contributed by atoms with Crippen LogP contribution in [0.5, 0.6) is 5.75 Å². The summed E-state index contributed by atoms with van der Waals surface area (Å²) in [6.45, 7) is 7.89. The molecule has 186 valence electrons. The lowest BCUT2D eigenvalue weighted by Gasteiger charge is -2.34. The number of anilines is 1. The van der Waals surface area contributed by atoms with E-state index in [-0.39, 0.29) is 55.4 Å². The lowest BCUT2D eigenvalue weighted by molar-refractivity contribution is 0.0213. The van der Waals surface area contributed by atoms with E-state index in [1.807, 2.05) is 20.8 Å². The van der Waals surface area contributed by atoms with Crippen LogP contribution in [-0.2, 0) is 14.8 Å². The Morgan fingerprint density at radius 1 is 1.24 bits per heavy atom. The normalized spacial score (nSPS) is 23.2. The van der Waals surface area contributed by atoms with E-state index in [2.05, 4.69) is 10.6 Å². The first kappa shape index (κ1) is 26.9. The molecular formula is C22H36N4O6S. The molecule has 0 saturated heterocycles. The largest absolute Gasteiger partial charge is 0.491 e. The van der Waals surface area contributed by atoms with Gasteiger partial charge in [-0.2, -0.15) is 4.31 Å². The van der Waals surface area contributed by atoms with Gasteiger partial charge in [0.25, 0.3) is 5.91 Å². The van der Waals surface area contributed by atoms with Crippen LogP contribution in [0.4, 0.5) is 10.5 Å². The highest BCUT2D eigenvalue weighted by Gasteiger charge is 2.31. The van der Waals surface area contributed by atoms with Crippen molar-refractivity contribution in [1.82, 2.24) is 14.5 Å². The predicted molar refractivity (Wildman–Crippen MR) is 127 cm³/mol.